The maximum atomic E-state index is 10.3. The summed E-state index contributed by atoms with van der Waals surface area (Å²) in [6.07, 6.45) is 2.32. The van der Waals surface area contributed by atoms with Crippen molar-refractivity contribution in [1.29, 1.82) is 0 Å². The Kier molecular flexibility index (Phi) is 2.34. The molecule has 13 heavy (non-hydrogen) atoms. The van der Waals surface area contributed by atoms with Crippen molar-refractivity contribution in [2.24, 2.45) is 17.6 Å². The van der Waals surface area contributed by atoms with Crippen LogP contribution in [0.1, 0.15) is 19.8 Å². The Bertz CT molecular complexity index is 181. The van der Waals surface area contributed by atoms with Gasteiger partial charge in [0, 0.05) is 31.5 Å². The highest BCUT2D eigenvalue weighted by molar-refractivity contribution is 5.04. The normalized spacial score (nSPS) is 45.5. The van der Waals surface area contributed by atoms with Gasteiger partial charge in [-0.3, -0.25) is 0 Å². The average Bonchev–Trinajstić information content (AvgIpc) is 2.39. The molecule has 2 atom stereocenters. The Balaban J connectivity index is 2.13. The first-order valence-corrected chi connectivity index (χ1v) is 5.35. The molecule has 0 aromatic rings. The molecule has 1 saturated heterocycles. The Morgan fingerprint density at radius 1 is 1.38 bits per heavy atom. The van der Waals surface area contributed by atoms with E-state index in [1.807, 2.05) is 0 Å². The summed E-state index contributed by atoms with van der Waals surface area (Å²) in [5, 5.41) is 10.3. The van der Waals surface area contributed by atoms with Gasteiger partial charge in [0.1, 0.15) is 0 Å². The summed E-state index contributed by atoms with van der Waals surface area (Å²) in [4.78, 5) is 2.44. The molecule has 2 bridgehead atoms. The Labute approximate surface area is 79.9 Å². The third-order valence-corrected chi connectivity index (χ3v) is 4.01. The minimum absolute atomic E-state index is 0.427. The van der Waals surface area contributed by atoms with Crippen molar-refractivity contribution in [3.8, 4) is 0 Å². The van der Waals surface area contributed by atoms with Gasteiger partial charge >= 0.3 is 0 Å². The molecule has 0 amide bonds. The van der Waals surface area contributed by atoms with E-state index < -0.39 is 5.60 Å². The van der Waals surface area contributed by atoms with E-state index in [9.17, 15) is 5.11 Å². The fourth-order valence-corrected chi connectivity index (χ4v) is 3.02. The molecule has 2 fully saturated rings. The van der Waals surface area contributed by atoms with Crippen LogP contribution in [0.4, 0.5) is 0 Å². The average molecular weight is 184 g/mol. The molecule has 1 aliphatic heterocycles. The maximum Gasteiger partial charge on any atom is 0.0849 e. The van der Waals surface area contributed by atoms with Crippen molar-refractivity contribution < 1.29 is 5.11 Å². The summed E-state index contributed by atoms with van der Waals surface area (Å²) in [6.45, 7) is 5.82. The molecule has 2 rings (SSSR count). The predicted octanol–water partition coefficient (Wildman–Crippen LogP) is 0.0379. The molecule has 3 nitrogen and oxygen atoms in total. The molecule has 0 aromatic heterocycles. The van der Waals surface area contributed by atoms with Crippen molar-refractivity contribution in [2.75, 3.05) is 26.2 Å². The zero-order valence-electron chi connectivity index (χ0n) is 8.37. The van der Waals surface area contributed by atoms with Crippen LogP contribution in [0.3, 0.4) is 0 Å². The molecule has 1 aliphatic carbocycles. The van der Waals surface area contributed by atoms with Crippen LogP contribution in [0.5, 0.6) is 0 Å². The summed E-state index contributed by atoms with van der Waals surface area (Å²) in [6, 6.07) is 0. The van der Waals surface area contributed by atoms with E-state index in [2.05, 4.69) is 11.8 Å². The van der Waals surface area contributed by atoms with E-state index in [0.29, 0.717) is 18.4 Å². The van der Waals surface area contributed by atoms with Gasteiger partial charge < -0.3 is 15.7 Å². The van der Waals surface area contributed by atoms with Gasteiger partial charge in [-0.1, -0.05) is 6.92 Å². The summed E-state index contributed by atoms with van der Waals surface area (Å²) in [5.41, 5.74) is 5.14. The van der Waals surface area contributed by atoms with E-state index in [1.54, 1.807) is 0 Å². The minimum Gasteiger partial charge on any atom is -0.388 e. The number of likely N-dealkylation sites (tertiary alicyclic amines) is 1. The molecule has 0 radical (unpaired) electrons. The van der Waals surface area contributed by atoms with Crippen molar-refractivity contribution in [3.63, 3.8) is 0 Å². The monoisotopic (exact) mass is 184 g/mol. The zero-order chi connectivity index (χ0) is 9.47. The van der Waals surface area contributed by atoms with Crippen molar-refractivity contribution in [1.82, 2.24) is 4.90 Å². The van der Waals surface area contributed by atoms with Crippen molar-refractivity contribution in [3.05, 3.63) is 0 Å². The molecule has 3 heteroatoms. The quantitative estimate of drug-likeness (QED) is 0.637. The molecule has 3 N–H and O–H groups in total. The van der Waals surface area contributed by atoms with Gasteiger partial charge in [-0.2, -0.15) is 0 Å². The highest BCUT2D eigenvalue weighted by Crippen LogP contribution is 2.44. The lowest BCUT2D eigenvalue weighted by Gasteiger charge is -2.43. The van der Waals surface area contributed by atoms with E-state index in [0.717, 1.165) is 32.5 Å². The molecule has 1 heterocycles. The fraction of sp³-hybridized carbons (Fsp3) is 1.00. The van der Waals surface area contributed by atoms with Crippen LogP contribution in [0.2, 0.25) is 0 Å². The standard InChI is InChI=1S/C10H20N2O/c1-2-12-5-8-3-4-9(6-12)10(8,13)7-11/h8-9,13H,2-7,11H2,1H3. The van der Waals surface area contributed by atoms with Crippen LogP contribution in [0, 0.1) is 11.8 Å². The third kappa shape index (κ3) is 1.30. The molecule has 0 spiro atoms. The third-order valence-electron chi connectivity index (χ3n) is 4.01. The lowest BCUT2D eigenvalue weighted by atomic mass is 9.80. The largest absolute Gasteiger partial charge is 0.388 e. The Hall–Kier alpha value is -0.120. The molecule has 2 unspecified atom stereocenters. The number of hydrogen-bond acceptors (Lipinski definition) is 3. The Morgan fingerprint density at radius 3 is 2.31 bits per heavy atom. The second kappa shape index (κ2) is 3.23. The van der Waals surface area contributed by atoms with E-state index >= 15 is 0 Å². The van der Waals surface area contributed by atoms with Gasteiger partial charge in [0.05, 0.1) is 5.60 Å². The van der Waals surface area contributed by atoms with Gasteiger partial charge in [0.25, 0.3) is 0 Å². The number of aliphatic hydroxyl groups is 1. The van der Waals surface area contributed by atoms with Crippen molar-refractivity contribution >= 4 is 0 Å². The van der Waals surface area contributed by atoms with Gasteiger partial charge in [-0.25, -0.2) is 0 Å². The van der Waals surface area contributed by atoms with E-state index in [-0.39, 0.29) is 0 Å². The zero-order valence-corrected chi connectivity index (χ0v) is 8.37. The number of nitrogens with two attached hydrogens (primary N) is 1. The topological polar surface area (TPSA) is 49.5 Å². The highest BCUT2D eigenvalue weighted by atomic mass is 16.3. The van der Waals surface area contributed by atoms with Crippen LogP contribution in [0.15, 0.2) is 0 Å². The molecule has 2 aliphatic rings. The van der Waals surface area contributed by atoms with Gasteiger partial charge in [0.2, 0.25) is 0 Å². The second-order valence-corrected chi connectivity index (χ2v) is 4.52. The van der Waals surface area contributed by atoms with Crippen LogP contribution in [-0.4, -0.2) is 41.8 Å². The first-order chi connectivity index (χ1) is 6.20. The van der Waals surface area contributed by atoms with Crippen LogP contribution in [0.25, 0.3) is 0 Å². The van der Waals surface area contributed by atoms with E-state index in [4.69, 9.17) is 5.73 Å². The summed E-state index contributed by atoms with van der Waals surface area (Å²) in [5.74, 6) is 0.854. The van der Waals surface area contributed by atoms with Crippen LogP contribution in [-0.2, 0) is 0 Å². The minimum atomic E-state index is -0.536. The van der Waals surface area contributed by atoms with Gasteiger partial charge in [-0.05, 0) is 19.4 Å². The molecule has 0 aromatic carbocycles. The number of hydrogen-bond donors (Lipinski definition) is 2. The first kappa shape index (κ1) is 9.44. The van der Waals surface area contributed by atoms with Crippen molar-refractivity contribution in [2.45, 2.75) is 25.4 Å². The van der Waals surface area contributed by atoms with Gasteiger partial charge in [-0.15, -0.1) is 0 Å². The SMILES string of the molecule is CCN1CC2CCC(C1)C2(O)CN. The molecule has 76 valence electrons. The number of fused-ring (bicyclic) bond motifs is 2. The lowest BCUT2D eigenvalue weighted by Crippen LogP contribution is -2.57. The summed E-state index contributed by atoms with van der Waals surface area (Å²) < 4.78 is 0. The molecular weight excluding hydrogens is 164 g/mol. The smallest absolute Gasteiger partial charge is 0.0849 e. The van der Waals surface area contributed by atoms with Gasteiger partial charge in [0.15, 0.2) is 0 Å². The molecule has 1 saturated carbocycles. The number of piperidine rings is 1. The maximum absolute atomic E-state index is 10.3. The summed E-state index contributed by atoms with van der Waals surface area (Å²) in [7, 11) is 0. The number of nitrogens with zero attached hydrogens (tertiary/aromatic N) is 1. The fourth-order valence-electron chi connectivity index (χ4n) is 3.02. The van der Waals surface area contributed by atoms with Crippen LogP contribution < -0.4 is 5.73 Å². The lowest BCUT2D eigenvalue weighted by molar-refractivity contribution is -0.0748. The van der Waals surface area contributed by atoms with E-state index in [1.165, 1.54) is 0 Å². The van der Waals surface area contributed by atoms with Crippen LogP contribution >= 0.6 is 0 Å². The number of rotatable bonds is 2. The molecular formula is C10H20N2O. The Morgan fingerprint density at radius 2 is 1.92 bits per heavy atom. The second-order valence-electron chi connectivity index (χ2n) is 4.52. The predicted molar refractivity (Wildman–Crippen MR) is 52.3 cm³/mol. The highest BCUT2D eigenvalue weighted by Gasteiger charge is 2.51. The first-order valence-electron chi connectivity index (χ1n) is 5.35. The summed E-state index contributed by atoms with van der Waals surface area (Å²) >= 11 is 0.